The molecule has 1 unspecified atom stereocenters. The summed E-state index contributed by atoms with van der Waals surface area (Å²) in [6.07, 6.45) is 3.71. The summed E-state index contributed by atoms with van der Waals surface area (Å²) in [5, 5.41) is 17.3. The molecule has 2 aliphatic rings. The minimum atomic E-state index is -0.691. The fourth-order valence-electron chi connectivity index (χ4n) is 4.14. The Kier molecular flexibility index (Phi) is 4.96. The minimum Gasteiger partial charge on any atom is -0.345 e. The maximum Gasteiger partial charge on any atom is 0.269 e. The number of hydrogen-bond donors (Lipinski definition) is 2. The highest BCUT2D eigenvalue weighted by Gasteiger charge is 2.40. The fraction of sp³-hybridized carbons (Fsp3) is 0.286. The smallest absolute Gasteiger partial charge is 0.269 e. The van der Waals surface area contributed by atoms with Crippen LogP contribution in [0.2, 0.25) is 0 Å². The Bertz CT molecular complexity index is 1290. The molecule has 0 saturated carbocycles. The van der Waals surface area contributed by atoms with Crippen LogP contribution in [0.15, 0.2) is 36.7 Å². The summed E-state index contributed by atoms with van der Waals surface area (Å²) >= 11 is 0. The average molecular weight is 448 g/mol. The molecule has 33 heavy (non-hydrogen) atoms. The van der Waals surface area contributed by atoms with Crippen molar-refractivity contribution in [3.05, 3.63) is 59.2 Å². The van der Waals surface area contributed by atoms with Gasteiger partial charge in [-0.25, -0.2) is 4.68 Å². The molecular formula is C21H20N8O4. The number of piperidine rings is 1. The molecule has 0 aliphatic carbocycles. The number of aromatic nitrogens is 5. The molecule has 12 nitrogen and oxygen atoms in total. The molecule has 1 aromatic carbocycles. The molecule has 1 atom stereocenters. The van der Waals surface area contributed by atoms with Gasteiger partial charge in [0.2, 0.25) is 11.8 Å². The lowest BCUT2D eigenvalue weighted by Crippen LogP contribution is -2.52. The normalized spacial score (nSPS) is 17.8. The quantitative estimate of drug-likeness (QED) is 0.510. The van der Waals surface area contributed by atoms with E-state index in [2.05, 4.69) is 26.0 Å². The molecule has 1 fully saturated rings. The van der Waals surface area contributed by atoms with Gasteiger partial charge in [0.25, 0.3) is 11.8 Å². The molecule has 4 amide bonds. The van der Waals surface area contributed by atoms with Crippen LogP contribution in [0, 0.1) is 0 Å². The van der Waals surface area contributed by atoms with Gasteiger partial charge in [0, 0.05) is 37.3 Å². The third-order valence-electron chi connectivity index (χ3n) is 5.83. The van der Waals surface area contributed by atoms with Crippen molar-refractivity contribution >= 4 is 23.6 Å². The van der Waals surface area contributed by atoms with Crippen LogP contribution in [0.4, 0.5) is 0 Å². The van der Waals surface area contributed by atoms with E-state index in [4.69, 9.17) is 0 Å². The van der Waals surface area contributed by atoms with Gasteiger partial charge in [0.1, 0.15) is 17.4 Å². The number of carbonyl (C=O) groups is 4. The summed E-state index contributed by atoms with van der Waals surface area (Å²) in [5.74, 6) is -1.33. The van der Waals surface area contributed by atoms with Crippen molar-refractivity contribution in [1.82, 2.24) is 40.3 Å². The van der Waals surface area contributed by atoms with Crippen LogP contribution in [-0.2, 0) is 29.7 Å². The number of imide groups is 1. The second-order valence-electron chi connectivity index (χ2n) is 7.88. The summed E-state index contributed by atoms with van der Waals surface area (Å²) in [4.78, 5) is 50.5. The van der Waals surface area contributed by atoms with Crippen LogP contribution >= 0.6 is 0 Å². The summed E-state index contributed by atoms with van der Waals surface area (Å²) < 4.78 is 3.02. The third kappa shape index (κ3) is 3.64. The molecule has 0 bridgehead atoms. The van der Waals surface area contributed by atoms with Crippen molar-refractivity contribution in [2.45, 2.75) is 32.0 Å². The van der Waals surface area contributed by atoms with Crippen LogP contribution < -0.4 is 10.6 Å². The Balaban J connectivity index is 1.34. The first kappa shape index (κ1) is 20.5. The molecule has 0 radical (unpaired) electrons. The van der Waals surface area contributed by atoms with E-state index in [-0.39, 0.29) is 37.2 Å². The Labute approximate surface area is 187 Å². The van der Waals surface area contributed by atoms with Crippen LogP contribution in [0.5, 0.6) is 0 Å². The second kappa shape index (κ2) is 7.97. The van der Waals surface area contributed by atoms with Gasteiger partial charge < -0.3 is 10.2 Å². The molecule has 4 heterocycles. The number of nitrogens with zero attached hydrogens (tertiary/aromatic N) is 6. The molecule has 3 aromatic rings. The van der Waals surface area contributed by atoms with Gasteiger partial charge >= 0.3 is 0 Å². The number of carbonyl (C=O) groups excluding carboxylic acids is 4. The van der Waals surface area contributed by atoms with Gasteiger partial charge in [0.15, 0.2) is 0 Å². The van der Waals surface area contributed by atoms with Crippen molar-refractivity contribution in [3.8, 4) is 5.69 Å². The molecule has 2 aliphatic heterocycles. The van der Waals surface area contributed by atoms with E-state index in [0.29, 0.717) is 29.1 Å². The monoisotopic (exact) mass is 448 g/mol. The van der Waals surface area contributed by atoms with E-state index in [0.717, 1.165) is 5.56 Å². The zero-order valence-corrected chi connectivity index (χ0v) is 17.7. The van der Waals surface area contributed by atoms with E-state index in [1.807, 2.05) is 6.07 Å². The van der Waals surface area contributed by atoms with Gasteiger partial charge in [-0.05, 0) is 24.6 Å². The predicted molar refractivity (Wildman–Crippen MR) is 112 cm³/mol. The Morgan fingerprint density at radius 3 is 2.85 bits per heavy atom. The van der Waals surface area contributed by atoms with Gasteiger partial charge in [-0.3, -0.25) is 29.2 Å². The van der Waals surface area contributed by atoms with Gasteiger partial charge in [-0.15, -0.1) is 5.10 Å². The minimum absolute atomic E-state index is 0.167. The van der Waals surface area contributed by atoms with Crippen LogP contribution in [-0.4, -0.2) is 59.3 Å². The first-order chi connectivity index (χ1) is 15.9. The number of aryl methyl sites for hydroxylation is 1. The molecule has 5 rings (SSSR count). The zero-order valence-electron chi connectivity index (χ0n) is 17.7. The number of fused-ring (bicyclic) bond motifs is 1. The lowest BCUT2D eigenvalue weighted by molar-refractivity contribution is -0.136. The van der Waals surface area contributed by atoms with E-state index >= 15 is 0 Å². The first-order valence-electron chi connectivity index (χ1n) is 10.4. The number of rotatable bonds is 5. The highest BCUT2D eigenvalue weighted by molar-refractivity contribution is 6.05. The molecule has 2 N–H and O–H groups in total. The van der Waals surface area contributed by atoms with E-state index < -0.39 is 11.9 Å². The first-order valence-corrected chi connectivity index (χ1v) is 10.4. The summed E-state index contributed by atoms with van der Waals surface area (Å²) in [5.41, 5.74) is 2.83. The highest BCUT2D eigenvalue weighted by atomic mass is 16.2. The highest BCUT2D eigenvalue weighted by Crippen LogP contribution is 2.31. The lowest BCUT2D eigenvalue weighted by Gasteiger charge is -2.29. The molecule has 0 spiro atoms. The molecule has 2 aromatic heterocycles. The van der Waals surface area contributed by atoms with Crippen LogP contribution in [0.1, 0.15) is 44.9 Å². The van der Waals surface area contributed by atoms with Crippen molar-refractivity contribution in [1.29, 1.82) is 0 Å². The number of nitrogens with one attached hydrogen (secondary N) is 2. The van der Waals surface area contributed by atoms with Gasteiger partial charge in [0.05, 0.1) is 18.4 Å². The second-order valence-corrected chi connectivity index (χ2v) is 7.88. The van der Waals surface area contributed by atoms with Crippen molar-refractivity contribution in [3.63, 3.8) is 0 Å². The average Bonchev–Trinajstić information content (AvgIpc) is 3.51. The standard InChI is InChI=1S/C21H20N8O4/c1-27-16(7-8-23-27)19(31)22-9-12-10-29(26-25-12)15-4-2-3-13-14(15)11-28(21(13)33)17-5-6-18(30)24-20(17)32/h2-4,7-8,10,17H,5-6,9,11H2,1H3,(H,22,31)(H,24,30,32). The van der Waals surface area contributed by atoms with Crippen LogP contribution in [0.3, 0.4) is 0 Å². The van der Waals surface area contributed by atoms with E-state index in [1.165, 1.54) is 9.58 Å². The number of amides is 4. The maximum atomic E-state index is 13.0. The predicted octanol–water partition coefficient (Wildman–Crippen LogP) is -0.308. The van der Waals surface area contributed by atoms with Crippen molar-refractivity contribution in [2.75, 3.05) is 0 Å². The Morgan fingerprint density at radius 2 is 2.09 bits per heavy atom. The molecule has 1 saturated heterocycles. The number of benzene rings is 1. The third-order valence-corrected chi connectivity index (χ3v) is 5.83. The summed E-state index contributed by atoms with van der Waals surface area (Å²) in [6, 6.07) is 6.19. The molecular weight excluding hydrogens is 428 g/mol. The fourth-order valence-corrected chi connectivity index (χ4v) is 4.14. The molecule has 12 heteroatoms. The largest absolute Gasteiger partial charge is 0.345 e. The Morgan fingerprint density at radius 1 is 1.24 bits per heavy atom. The SMILES string of the molecule is Cn1nccc1C(=O)NCc1cn(-c2cccc3c2CN(C2CCC(=O)NC2=O)C3=O)nn1. The number of hydrogen-bond acceptors (Lipinski definition) is 7. The lowest BCUT2D eigenvalue weighted by atomic mass is 10.0. The molecule has 168 valence electrons. The topological polar surface area (TPSA) is 144 Å². The Hall–Kier alpha value is -4.35. The van der Waals surface area contributed by atoms with Crippen LogP contribution in [0.25, 0.3) is 5.69 Å². The van der Waals surface area contributed by atoms with Gasteiger partial charge in [-0.2, -0.15) is 5.10 Å². The zero-order chi connectivity index (χ0) is 23.1. The summed E-state index contributed by atoms with van der Waals surface area (Å²) in [7, 11) is 1.68. The van der Waals surface area contributed by atoms with Crippen molar-refractivity contribution < 1.29 is 19.2 Å². The maximum absolute atomic E-state index is 13.0. The van der Waals surface area contributed by atoms with Crippen molar-refractivity contribution in [2.24, 2.45) is 7.05 Å². The van der Waals surface area contributed by atoms with E-state index in [9.17, 15) is 19.2 Å². The van der Waals surface area contributed by atoms with E-state index in [1.54, 1.807) is 42.3 Å². The summed E-state index contributed by atoms with van der Waals surface area (Å²) in [6.45, 7) is 0.392. The van der Waals surface area contributed by atoms with Gasteiger partial charge in [-0.1, -0.05) is 11.3 Å².